The molecule has 1 N–H and O–H groups in total. The molecule has 0 aliphatic heterocycles. The van der Waals surface area contributed by atoms with Crippen molar-refractivity contribution in [3.05, 3.63) is 81.8 Å². The van der Waals surface area contributed by atoms with Gasteiger partial charge >= 0.3 is 0 Å². The molecule has 2 heterocycles. The van der Waals surface area contributed by atoms with Crippen LogP contribution in [0.3, 0.4) is 0 Å². The van der Waals surface area contributed by atoms with Gasteiger partial charge in [-0.3, -0.25) is 9.59 Å². The molecule has 0 atom stereocenters. The lowest BCUT2D eigenvalue weighted by atomic mass is 10.1. The first kappa shape index (κ1) is 20.4. The highest BCUT2D eigenvalue weighted by Gasteiger charge is 2.19. The topological polar surface area (TPSA) is 78.2 Å². The number of amides is 1. The maximum Gasteiger partial charge on any atom is 0.257 e. The highest BCUT2D eigenvalue weighted by molar-refractivity contribution is 5.95. The quantitative estimate of drug-likeness (QED) is 0.636. The number of carbonyl (C=O) groups excluding carboxylic acids is 1. The molecule has 1 aromatic carbocycles. The second kappa shape index (κ2) is 9.23. The number of ether oxygens (including phenoxy) is 1. The Hall–Kier alpha value is -3.35. The van der Waals surface area contributed by atoms with E-state index in [-0.39, 0.29) is 16.9 Å². The summed E-state index contributed by atoms with van der Waals surface area (Å²) >= 11 is 0. The average Bonchev–Trinajstić information content (AvgIpc) is 3.23. The van der Waals surface area contributed by atoms with Gasteiger partial charge in [-0.05, 0) is 31.0 Å². The van der Waals surface area contributed by atoms with E-state index in [0.717, 1.165) is 22.7 Å². The normalized spacial score (nSPS) is 10.7. The van der Waals surface area contributed by atoms with Crippen molar-refractivity contribution in [1.82, 2.24) is 19.4 Å². The lowest BCUT2D eigenvalue weighted by Gasteiger charge is -2.19. The Bertz CT molecular complexity index is 1020. The Morgan fingerprint density at radius 2 is 2.00 bits per heavy atom. The van der Waals surface area contributed by atoms with E-state index < -0.39 is 0 Å². The zero-order valence-corrected chi connectivity index (χ0v) is 17.0. The van der Waals surface area contributed by atoms with Crippen molar-refractivity contribution in [2.45, 2.75) is 33.4 Å². The lowest BCUT2D eigenvalue weighted by molar-refractivity contribution is 0.0949. The molecule has 2 aromatic heterocycles. The Labute approximate surface area is 170 Å². The smallest absolute Gasteiger partial charge is 0.257 e. The molecule has 0 saturated heterocycles. The third-order valence-corrected chi connectivity index (χ3v) is 4.90. The average molecular weight is 394 g/mol. The fourth-order valence-electron chi connectivity index (χ4n) is 3.38. The Morgan fingerprint density at radius 1 is 1.24 bits per heavy atom. The Morgan fingerprint density at radius 3 is 2.62 bits per heavy atom. The SMILES string of the molecule is CCc1c(C(=O)NCCn2ccnc2)c(=O)cc(C)n1Cc1ccc(OC)cc1. The summed E-state index contributed by atoms with van der Waals surface area (Å²) in [6.45, 7) is 5.45. The van der Waals surface area contributed by atoms with E-state index in [1.54, 1.807) is 19.6 Å². The summed E-state index contributed by atoms with van der Waals surface area (Å²) in [5, 5.41) is 2.86. The number of benzene rings is 1. The molecule has 0 bridgehead atoms. The van der Waals surface area contributed by atoms with Crippen molar-refractivity contribution in [3.8, 4) is 5.75 Å². The van der Waals surface area contributed by atoms with Crippen molar-refractivity contribution in [2.24, 2.45) is 0 Å². The van der Waals surface area contributed by atoms with Crippen molar-refractivity contribution in [1.29, 1.82) is 0 Å². The van der Waals surface area contributed by atoms with E-state index >= 15 is 0 Å². The first-order valence-corrected chi connectivity index (χ1v) is 9.63. The van der Waals surface area contributed by atoms with Gasteiger partial charge in [0.05, 0.1) is 13.4 Å². The third kappa shape index (κ3) is 4.74. The third-order valence-electron chi connectivity index (χ3n) is 4.90. The maximum absolute atomic E-state index is 12.8. The summed E-state index contributed by atoms with van der Waals surface area (Å²) in [5.74, 6) is 0.453. The van der Waals surface area contributed by atoms with Gasteiger partial charge in [0.15, 0.2) is 5.43 Å². The van der Waals surface area contributed by atoms with Crippen LogP contribution >= 0.6 is 0 Å². The number of aromatic nitrogens is 3. The van der Waals surface area contributed by atoms with Gasteiger partial charge in [-0.1, -0.05) is 19.1 Å². The molecular formula is C22H26N4O3. The first-order valence-electron chi connectivity index (χ1n) is 9.63. The molecule has 1 amide bonds. The standard InChI is InChI=1S/C22H26N4O3/c1-4-19-21(22(28)24-10-12-25-11-9-23-15-25)20(27)13-16(2)26(19)14-17-5-7-18(29-3)8-6-17/h5-9,11,13,15H,4,10,12,14H2,1-3H3,(H,24,28). The summed E-state index contributed by atoms with van der Waals surface area (Å²) in [5.41, 5.74) is 2.62. The molecule has 3 aromatic rings. The number of methoxy groups -OCH3 is 1. The van der Waals surface area contributed by atoms with Crippen LogP contribution in [-0.4, -0.2) is 33.7 Å². The number of pyridine rings is 1. The van der Waals surface area contributed by atoms with Crippen molar-refractivity contribution >= 4 is 5.91 Å². The molecule has 0 fully saturated rings. The summed E-state index contributed by atoms with van der Waals surface area (Å²) < 4.78 is 9.12. The van der Waals surface area contributed by atoms with Crippen LogP contribution in [0.25, 0.3) is 0 Å². The molecule has 0 radical (unpaired) electrons. The monoisotopic (exact) mass is 394 g/mol. The summed E-state index contributed by atoms with van der Waals surface area (Å²) in [4.78, 5) is 29.4. The predicted molar refractivity (Wildman–Crippen MR) is 111 cm³/mol. The van der Waals surface area contributed by atoms with Gasteiger partial charge in [-0.25, -0.2) is 4.98 Å². The van der Waals surface area contributed by atoms with Crippen LogP contribution in [0, 0.1) is 6.92 Å². The molecule has 0 saturated carbocycles. The van der Waals surface area contributed by atoms with Gasteiger partial charge in [0, 0.05) is 49.5 Å². The van der Waals surface area contributed by atoms with Gasteiger partial charge in [-0.2, -0.15) is 0 Å². The zero-order chi connectivity index (χ0) is 20.8. The minimum absolute atomic E-state index is 0.220. The predicted octanol–water partition coefficient (Wildman–Crippen LogP) is 2.40. The summed E-state index contributed by atoms with van der Waals surface area (Å²) in [6, 6.07) is 9.32. The van der Waals surface area contributed by atoms with Gasteiger partial charge < -0.3 is 19.2 Å². The fourth-order valence-corrected chi connectivity index (χ4v) is 3.38. The summed E-state index contributed by atoms with van der Waals surface area (Å²) in [6.07, 6.45) is 5.79. The van der Waals surface area contributed by atoms with Crippen molar-refractivity contribution < 1.29 is 9.53 Å². The number of nitrogens with one attached hydrogen (secondary N) is 1. The minimum Gasteiger partial charge on any atom is -0.497 e. The molecule has 3 rings (SSSR count). The second-order valence-electron chi connectivity index (χ2n) is 6.82. The van der Waals surface area contributed by atoms with Crippen LogP contribution in [0.5, 0.6) is 5.75 Å². The van der Waals surface area contributed by atoms with Crippen LogP contribution in [0.15, 0.2) is 53.8 Å². The number of hydrogen-bond donors (Lipinski definition) is 1. The molecule has 0 aliphatic rings. The highest BCUT2D eigenvalue weighted by Crippen LogP contribution is 2.16. The molecule has 152 valence electrons. The largest absolute Gasteiger partial charge is 0.497 e. The number of nitrogens with zero attached hydrogens (tertiary/aromatic N) is 3. The first-order chi connectivity index (χ1) is 14.0. The van der Waals surface area contributed by atoms with E-state index in [0.29, 0.717) is 26.1 Å². The number of hydrogen-bond acceptors (Lipinski definition) is 4. The lowest BCUT2D eigenvalue weighted by Crippen LogP contribution is -2.34. The molecule has 7 nitrogen and oxygen atoms in total. The van der Waals surface area contributed by atoms with Crippen LogP contribution in [0.2, 0.25) is 0 Å². The van der Waals surface area contributed by atoms with Gasteiger partial charge in [0.2, 0.25) is 0 Å². The minimum atomic E-state index is -0.338. The Kier molecular flexibility index (Phi) is 6.49. The number of carbonyl (C=O) groups is 1. The second-order valence-corrected chi connectivity index (χ2v) is 6.82. The van der Waals surface area contributed by atoms with E-state index in [9.17, 15) is 9.59 Å². The van der Waals surface area contributed by atoms with E-state index in [4.69, 9.17) is 4.74 Å². The highest BCUT2D eigenvalue weighted by atomic mass is 16.5. The molecular weight excluding hydrogens is 368 g/mol. The molecule has 29 heavy (non-hydrogen) atoms. The molecule has 0 spiro atoms. The van der Waals surface area contributed by atoms with Gasteiger partial charge in [-0.15, -0.1) is 0 Å². The fraction of sp³-hybridized carbons (Fsp3) is 0.318. The maximum atomic E-state index is 12.8. The summed E-state index contributed by atoms with van der Waals surface area (Å²) in [7, 11) is 1.63. The van der Waals surface area contributed by atoms with E-state index in [1.807, 2.05) is 53.4 Å². The molecule has 0 aliphatic carbocycles. The van der Waals surface area contributed by atoms with Crippen LogP contribution in [-0.2, 0) is 19.5 Å². The Balaban J connectivity index is 1.85. The van der Waals surface area contributed by atoms with Crippen LogP contribution < -0.4 is 15.5 Å². The number of rotatable bonds is 8. The zero-order valence-electron chi connectivity index (χ0n) is 17.0. The van der Waals surface area contributed by atoms with Crippen LogP contribution in [0.1, 0.15) is 34.2 Å². The van der Waals surface area contributed by atoms with Crippen LogP contribution in [0.4, 0.5) is 0 Å². The molecule has 0 unspecified atom stereocenters. The number of imidazole rings is 1. The van der Waals surface area contributed by atoms with Crippen molar-refractivity contribution in [3.63, 3.8) is 0 Å². The van der Waals surface area contributed by atoms with E-state index in [1.165, 1.54) is 6.07 Å². The molecule has 7 heteroatoms. The van der Waals surface area contributed by atoms with Crippen molar-refractivity contribution in [2.75, 3.05) is 13.7 Å². The van der Waals surface area contributed by atoms with E-state index in [2.05, 4.69) is 10.3 Å². The van der Waals surface area contributed by atoms with Gasteiger partial charge in [0.1, 0.15) is 11.3 Å². The van der Waals surface area contributed by atoms with Gasteiger partial charge in [0.25, 0.3) is 5.91 Å². The number of aryl methyl sites for hydroxylation is 1.